The highest BCUT2D eigenvalue weighted by Crippen LogP contribution is 2.31. The van der Waals surface area contributed by atoms with E-state index < -0.39 is 10.0 Å². The summed E-state index contributed by atoms with van der Waals surface area (Å²) in [6, 6.07) is 8.98. The molecule has 3 nitrogen and oxygen atoms in total. The molecule has 0 fully saturated rings. The van der Waals surface area contributed by atoms with E-state index in [2.05, 4.69) is 20.7 Å². The van der Waals surface area contributed by atoms with Crippen LogP contribution in [0.15, 0.2) is 45.8 Å². The van der Waals surface area contributed by atoms with Gasteiger partial charge >= 0.3 is 0 Å². The lowest BCUT2D eigenvalue weighted by Gasteiger charge is -2.11. The third-order valence-corrected chi connectivity index (χ3v) is 5.36. The van der Waals surface area contributed by atoms with Gasteiger partial charge in [0.25, 0.3) is 10.0 Å². The van der Waals surface area contributed by atoms with Crippen molar-refractivity contribution in [2.45, 2.75) is 4.90 Å². The van der Waals surface area contributed by atoms with Crippen molar-refractivity contribution in [1.29, 1.82) is 0 Å². The highest BCUT2D eigenvalue weighted by atomic mass is 79.9. The molecule has 0 unspecified atom stereocenters. The van der Waals surface area contributed by atoms with Crippen molar-refractivity contribution >= 4 is 66.4 Å². The van der Waals surface area contributed by atoms with Crippen LogP contribution in [-0.4, -0.2) is 8.42 Å². The van der Waals surface area contributed by atoms with Crippen molar-refractivity contribution < 1.29 is 8.42 Å². The van der Waals surface area contributed by atoms with Gasteiger partial charge in [-0.3, -0.25) is 4.72 Å². The Morgan fingerprint density at radius 2 is 1.55 bits per heavy atom. The number of hydrogen-bond donors (Lipinski definition) is 1. The first-order chi connectivity index (χ1) is 9.29. The first-order valence-electron chi connectivity index (χ1n) is 5.22. The normalized spacial score (nSPS) is 11.4. The topological polar surface area (TPSA) is 46.2 Å². The van der Waals surface area contributed by atoms with Gasteiger partial charge in [-0.2, -0.15) is 0 Å². The smallest absolute Gasteiger partial charge is 0.263 e. The van der Waals surface area contributed by atoms with Crippen LogP contribution in [0.3, 0.4) is 0 Å². The zero-order valence-corrected chi connectivity index (χ0v) is 14.4. The van der Waals surface area contributed by atoms with Gasteiger partial charge in [0.2, 0.25) is 0 Å². The molecule has 0 saturated heterocycles. The predicted molar refractivity (Wildman–Crippen MR) is 86.4 cm³/mol. The first kappa shape index (κ1) is 15.9. The Hall–Kier alpha value is -0.460. The second-order valence-corrected chi connectivity index (χ2v) is 7.59. The Balaban J connectivity index is 2.46. The summed E-state index contributed by atoms with van der Waals surface area (Å²) in [6.07, 6.45) is 0. The minimum atomic E-state index is -3.86. The van der Waals surface area contributed by atoms with E-state index in [-0.39, 0.29) is 14.9 Å². The fourth-order valence-corrected chi connectivity index (χ4v) is 3.94. The molecule has 0 aliphatic heterocycles. The highest BCUT2D eigenvalue weighted by Gasteiger charge is 2.19. The zero-order chi connectivity index (χ0) is 14.9. The number of sulfonamides is 1. The van der Waals surface area contributed by atoms with Crippen LogP contribution in [0, 0.1) is 0 Å². The lowest BCUT2D eigenvalue weighted by Crippen LogP contribution is -2.13. The average Bonchev–Trinajstić information content (AvgIpc) is 2.36. The van der Waals surface area contributed by atoms with Gasteiger partial charge in [0, 0.05) is 14.5 Å². The van der Waals surface area contributed by atoms with E-state index in [9.17, 15) is 8.42 Å². The molecule has 2 rings (SSSR count). The number of rotatable bonds is 3. The molecule has 20 heavy (non-hydrogen) atoms. The maximum Gasteiger partial charge on any atom is 0.263 e. The molecule has 1 N–H and O–H groups in total. The van der Waals surface area contributed by atoms with Crippen molar-refractivity contribution in [2.24, 2.45) is 0 Å². The van der Waals surface area contributed by atoms with E-state index in [1.807, 2.05) is 0 Å². The van der Waals surface area contributed by atoms with Crippen molar-refractivity contribution in [3.63, 3.8) is 0 Å². The molecule has 2 aromatic rings. The average molecular weight is 416 g/mol. The minimum Gasteiger partial charge on any atom is -0.278 e. The van der Waals surface area contributed by atoms with Crippen LogP contribution in [0.25, 0.3) is 0 Å². The molecule has 0 aliphatic rings. The van der Waals surface area contributed by atoms with Crippen LogP contribution in [-0.2, 0) is 10.0 Å². The number of nitrogens with one attached hydrogen (secondary N) is 1. The number of hydrogen-bond acceptors (Lipinski definition) is 2. The Kier molecular flexibility index (Phi) is 4.87. The SMILES string of the molecule is O=S(=O)(Nc1cc(Cl)ccc1Br)c1cc(Cl)ccc1Cl. The fraction of sp³-hybridized carbons (Fsp3) is 0. The lowest BCUT2D eigenvalue weighted by molar-refractivity contribution is 0.601. The number of benzene rings is 2. The first-order valence-corrected chi connectivity index (χ1v) is 8.63. The quantitative estimate of drug-likeness (QED) is 0.748. The summed E-state index contributed by atoms with van der Waals surface area (Å²) in [7, 11) is -3.86. The molecule has 8 heteroatoms. The van der Waals surface area contributed by atoms with E-state index in [1.165, 1.54) is 24.3 Å². The van der Waals surface area contributed by atoms with Gasteiger partial charge in [0.15, 0.2) is 0 Å². The van der Waals surface area contributed by atoms with Gasteiger partial charge in [-0.05, 0) is 52.3 Å². The maximum atomic E-state index is 12.3. The Morgan fingerprint density at radius 3 is 2.25 bits per heavy atom. The standard InChI is InChI=1S/C12H7BrCl3NO2S/c13-9-3-1-7(14)5-11(9)17-20(18,19)12-6-8(15)2-4-10(12)16/h1-6,17H. The third kappa shape index (κ3) is 3.59. The van der Waals surface area contributed by atoms with E-state index in [0.717, 1.165) is 0 Å². The van der Waals surface area contributed by atoms with Crippen LogP contribution in [0.1, 0.15) is 0 Å². The molecule has 0 bridgehead atoms. The van der Waals surface area contributed by atoms with Gasteiger partial charge in [0.1, 0.15) is 4.90 Å². The molecule has 0 aliphatic carbocycles. The van der Waals surface area contributed by atoms with Crippen LogP contribution in [0.2, 0.25) is 15.1 Å². The van der Waals surface area contributed by atoms with Gasteiger partial charge in [-0.25, -0.2) is 8.42 Å². The molecule has 0 radical (unpaired) electrons. The summed E-state index contributed by atoms with van der Waals surface area (Å²) in [5.74, 6) is 0. The second-order valence-electron chi connectivity index (χ2n) is 3.80. The molecule has 0 spiro atoms. The summed E-state index contributed by atoms with van der Waals surface area (Å²) in [5.41, 5.74) is 0.313. The van der Waals surface area contributed by atoms with Crippen LogP contribution >= 0.6 is 50.7 Å². The maximum absolute atomic E-state index is 12.3. The van der Waals surface area contributed by atoms with E-state index in [1.54, 1.807) is 12.1 Å². The highest BCUT2D eigenvalue weighted by molar-refractivity contribution is 9.10. The molecular formula is C12H7BrCl3NO2S. The van der Waals surface area contributed by atoms with Gasteiger partial charge in [0.05, 0.1) is 10.7 Å². The Labute approximate surface area is 140 Å². The van der Waals surface area contributed by atoms with Gasteiger partial charge < -0.3 is 0 Å². The molecule has 2 aromatic carbocycles. The molecule has 106 valence electrons. The Bertz CT molecular complexity index is 765. The monoisotopic (exact) mass is 413 g/mol. The largest absolute Gasteiger partial charge is 0.278 e. The minimum absolute atomic E-state index is 0.0834. The molecule has 0 aromatic heterocycles. The molecule has 0 heterocycles. The summed E-state index contributed by atoms with van der Waals surface area (Å²) in [6.45, 7) is 0. The van der Waals surface area contributed by atoms with Crippen LogP contribution in [0.5, 0.6) is 0 Å². The van der Waals surface area contributed by atoms with Crippen molar-refractivity contribution in [3.05, 3.63) is 55.9 Å². The molecule has 0 amide bonds. The molecular weight excluding hydrogens is 408 g/mol. The summed E-state index contributed by atoms with van der Waals surface area (Å²) in [4.78, 5) is -0.0986. The third-order valence-electron chi connectivity index (χ3n) is 2.36. The summed E-state index contributed by atoms with van der Waals surface area (Å²) >= 11 is 20.8. The lowest BCUT2D eigenvalue weighted by atomic mass is 10.3. The van der Waals surface area contributed by atoms with Gasteiger partial charge in [-0.1, -0.05) is 34.8 Å². The fourth-order valence-electron chi connectivity index (χ4n) is 1.46. The van der Waals surface area contributed by atoms with E-state index in [0.29, 0.717) is 15.2 Å². The zero-order valence-electron chi connectivity index (χ0n) is 9.70. The van der Waals surface area contributed by atoms with E-state index in [4.69, 9.17) is 34.8 Å². The number of halogens is 4. The summed E-state index contributed by atoms with van der Waals surface area (Å²) in [5, 5.41) is 0.767. The van der Waals surface area contributed by atoms with Crippen molar-refractivity contribution in [1.82, 2.24) is 0 Å². The van der Waals surface area contributed by atoms with Gasteiger partial charge in [-0.15, -0.1) is 0 Å². The predicted octanol–water partition coefficient (Wildman–Crippen LogP) is 5.21. The number of anilines is 1. The second kappa shape index (κ2) is 6.12. The van der Waals surface area contributed by atoms with Crippen molar-refractivity contribution in [3.8, 4) is 0 Å². The molecule has 0 saturated carbocycles. The molecule has 0 atom stereocenters. The summed E-state index contributed by atoms with van der Waals surface area (Å²) < 4.78 is 27.6. The van der Waals surface area contributed by atoms with Crippen LogP contribution in [0.4, 0.5) is 5.69 Å². The van der Waals surface area contributed by atoms with E-state index >= 15 is 0 Å². The Morgan fingerprint density at radius 1 is 0.950 bits per heavy atom. The van der Waals surface area contributed by atoms with Crippen molar-refractivity contribution in [2.75, 3.05) is 4.72 Å². The van der Waals surface area contributed by atoms with Crippen LogP contribution < -0.4 is 4.72 Å².